The SMILES string of the molecule is Cc1cc(C)nc(SCC(=O)Nc2ccc(C(O)c3ccccc3)cc2)n1. The van der Waals surface area contributed by atoms with Gasteiger partial charge in [-0.1, -0.05) is 54.2 Å². The third-order valence-electron chi connectivity index (χ3n) is 3.92. The number of nitrogens with zero attached hydrogens (tertiary/aromatic N) is 2. The van der Waals surface area contributed by atoms with Crippen molar-refractivity contribution in [3.05, 3.63) is 83.2 Å². The minimum Gasteiger partial charge on any atom is -0.384 e. The van der Waals surface area contributed by atoms with Crippen LogP contribution in [0.2, 0.25) is 0 Å². The molecule has 1 amide bonds. The van der Waals surface area contributed by atoms with Gasteiger partial charge in [-0.25, -0.2) is 9.97 Å². The maximum atomic E-state index is 12.2. The number of aromatic nitrogens is 2. The second-order valence-electron chi connectivity index (χ2n) is 6.21. The molecule has 3 aromatic rings. The van der Waals surface area contributed by atoms with Crippen molar-refractivity contribution in [3.8, 4) is 0 Å². The smallest absolute Gasteiger partial charge is 0.234 e. The van der Waals surface area contributed by atoms with Crippen molar-refractivity contribution >= 4 is 23.4 Å². The largest absolute Gasteiger partial charge is 0.384 e. The normalized spacial score (nSPS) is 11.8. The van der Waals surface area contributed by atoms with Gasteiger partial charge in [-0.15, -0.1) is 0 Å². The third kappa shape index (κ3) is 5.39. The van der Waals surface area contributed by atoms with Crippen LogP contribution in [0.15, 0.2) is 65.8 Å². The predicted octanol–water partition coefficient (Wildman–Crippen LogP) is 3.91. The van der Waals surface area contributed by atoms with Crippen LogP contribution in [0.5, 0.6) is 0 Å². The van der Waals surface area contributed by atoms with Gasteiger partial charge in [-0.2, -0.15) is 0 Å². The zero-order chi connectivity index (χ0) is 19.2. The quantitative estimate of drug-likeness (QED) is 0.502. The Morgan fingerprint density at radius 3 is 2.22 bits per heavy atom. The lowest BCUT2D eigenvalue weighted by atomic mass is 10.0. The molecule has 0 aliphatic heterocycles. The molecular weight excluding hydrogens is 358 g/mol. The van der Waals surface area contributed by atoms with Crippen molar-refractivity contribution in [1.82, 2.24) is 9.97 Å². The summed E-state index contributed by atoms with van der Waals surface area (Å²) in [6.45, 7) is 3.81. The molecule has 0 radical (unpaired) electrons. The summed E-state index contributed by atoms with van der Waals surface area (Å²) in [4.78, 5) is 20.8. The number of benzene rings is 2. The number of carbonyl (C=O) groups excluding carboxylic acids is 1. The van der Waals surface area contributed by atoms with E-state index in [9.17, 15) is 9.90 Å². The zero-order valence-corrected chi connectivity index (χ0v) is 16.0. The van der Waals surface area contributed by atoms with E-state index in [2.05, 4.69) is 15.3 Å². The fraction of sp³-hybridized carbons (Fsp3) is 0.190. The first-order chi connectivity index (χ1) is 13.0. The fourth-order valence-electron chi connectivity index (χ4n) is 2.66. The summed E-state index contributed by atoms with van der Waals surface area (Å²) in [6.07, 6.45) is -0.687. The summed E-state index contributed by atoms with van der Waals surface area (Å²) in [5, 5.41) is 13.9. The molecule has 0 saturated heterocycles. The Morgan fingerprint density at radius 2 is 1.59 bits per heavy atom. The highest BCUT2D eigenvalue weighted by Crippen LogP contribution is 2.23. The highest BCUT2D eigenvalue weighted by molar-refractivity contribution is 7.99. The summed E-state index contributed by atoms with van der Waals surface area (Å²) >= 11 is 1.31. The van der Waals surface area contributed by atoms with Crippen LogP contribution in [-0.4, -0.2) is 26.7 Å². The summed E-state index contributed by atoms with van der Waals surface area (Å²) in [5.41, 5.74) is 4.07. The van der Waals surface area contributed by atoms with E-state index in [1.807, 2.05) is 62.4 Å². The number of thioether (sulfide) groups is 1. The molecule has 0 spiro atoms. The van der Waals surface area contributed by atoms with E-state index in [0.717, 1.165) is 22.5 Å². The van der Waals surface area contributed by atoms with Crippen molar-refractivity contribution in [1.29, 1.82) is 0 Å². The average Bonchev–Trinajstić information content (AvgIpc) is 2.66. The molecule has 1 unspecified atom stereocenters. The van der Waals surface area contributed by atoms with Crippen LogP contribution in [0.4, 0.5) is 5.69 Å². The van der Waals surface area contributed by atoms with Gasteiger partial charge in [0.15, 0.2) is 5.16 Å². The van der Waals surface area contributed by atoms with E-state index >= 15 is 0 Å². The van der Waals surface area contributed by atoms with Crippen LogP contribution in [-0.2, 0) is 4.79 Å². The molecule has 6 heteroatoms. The van der Waals surface area contributed by atoms with Crippen molar-refractivity contribution < 1.29 is 9.90 Å². The van der Waals surface area contributed by atoms with Crippen LogP contribution < -0.4 is 5.32 Å². The molecule has 3 rings (SSSR count). The minimum atomic E-state index is -0.687. The first kappa shape index (κ1) is 19.1. The summed E-state index contributed by atoms with van der Waals surface area (Å²) in [7, 11) is 0. The van der Waals surface area contributed by atoms with Crippen molar-refractivity contribution in [2.45, 2.75) is 25.1 Å². The number of aliphatic hydroxyl groups excluding tert-OH is 1. The Labute approximate surface area is 162 Å². The van der Waals surface area contributed by atoms with Crippen LogP contribution in [0.1, 0.15) is 28.6 Å². The number of hydrogen-bond acceptors (Lipinski definition) is 5. The topological polar surface area (TPSA) is 75.1 Å². The van der Waals surface area contributed by atoms with E-state index in [1.165, 1.54) is 11.8 Å². The molecule has 27 heavy (non-hydrogen) atoms. The van der Waals surface area contributed by atoms with Gasteiger partial charge < -0.3 is 10.4 Å². The standard InChI is InChI=1S/C21H21N3O2S/c1-14-12-15(2)23-21(22-14)27-13-19(25)24-18-10-8-17(9-11-18)20(26)16-6-4-3-5-7-16/h3-12,20,26H,13H2,1-2H3,(H,24,25). The van der Waals surface area contributed by atoms with E-state index in [0.29, 0.717) is 10.8 Å². The van der Waals surface area contributed by atoms with E-state index in [1.54, 1.807) is 12.1 Å². The summed E-state index contributed by atoms with van der Waals surface area (Å²) < 4.78 is 0. The van der Waals surface area contributed by atoms with Gasteiger partial charge in [-0.05, 0) is 43.2 Å². The molecular formula is C21H21N3O2S. The predicted molar refractivity (Wildman–Crippen MR) is 108 cm³/mol. The molecule has 2 N–H and O–H groups in total. The van der Waals surface area contributed by atoms with Gasteiger partial charge in [0.05, 0.1) is 5.75 Å². The Hall–Kier alpha value is -2.70. The Kier molecular flexibility index (Phi) is 6.21. The number of anilines is 1. The number of hydrogen-bond donors (Lipinski definition) is 2. The average molecular weight is 379 g/mol. The van der Waals surface area contributed by atoms with Crippen LogP contribution in [0.25, 0.3) is 0 Å². The van der Waals surface area contributed by atoms with Crippen LogP contribution in [0.3, 0.4) is 0 Å². The Balaban J connectivity index is 1.57. The Bertz CT molecular complexity index is 894. The van der Waals surface area contributed by atoms with Gasteiger partial charge in [-0.3, -0.25) is 4.79 Å². The van der Waals surface area contributed by atoms with Crippen LogP contribution in [0, 0.1) is 13.8 Å². The molecule has 138 valence electrons. The van der Waals surface area contributed by atoms with E-state index in [-0.39, 0.29) is 11.7 Å². The molecule has 1 atom stereocenters. The highest BCUT2D eigenvalue weighted by atomic mass is 32.2. The molecule has 0 fully saturated rings. The molecule has 0 aliphatic carbocycles. The van der Waals surface area contributed by atoms with Crippen molar-refractivity contribution in [2.24, 2.45) is 0 Å². The third-order valence-corrected chi connectivity index (χ3v) is 4.77. The molecule has 0 saturated carbocycles. The van der Waals surface area contributed by atoms with Gasteiger partial charge in [0.1, 0.15) is 6.10 Å². The lowest BCUT2D eigenvalue weighted by molar-refractivity contribution is -0.113. The summed E-state index contributed by atoms with van der Waals surface area (Å²) in [6, 6.07) is 18.6. The number of carbonyl (C=O) groups is 1. The second-order valence-corrected chi connectivity index (χ2v) is 7.15. The van der Waals surface area contributed by atoms with E-state index < -0.39 is 6.10 Å². The first-order valence-corrected chi connectivity index (χ1v) is 9.58. The number of amides is 1. The van der Waals surface area contributed by atoms with E-state index in [4.69, 9.17) is 0 Å². The first-order valence-electron chi connectivity index (χ1n) is 8.59. The second kappa shape index (κ2) is 8.79. The number of aliphatic hydroxyl groups is 1. The lowest BCUT2D eigenvalue weighted by Crippen LogP contribution is -2.14. The number of nitrogens with one attached hydrogen (secondary N) is 1. The van der Waals surface area contributed by atoms with Gasteiger partial charge >= 0.3 is 0 Å². The molecule has 2 aromatic carbocycles. The molecule has 0 bridgehead atoms. The number of aryl methyl sites for hydroxylation is 2. The van der Waals surface area contributed by atoms with Gasteiger partial charge in [0, 0.05) is 17.1 Å². The maximum Gasteiger partial charge on any atom is 0.234 e. The van der Waals surface area contributed by atoms with Gasteiger partial charge in [0.25, 0.3) is 0 Å². The zero-order valence-electron chi connectivity index (χ0n) is 15.2. The fourth-order valence-corrected chi connectivity index (χ4v) is 3.41. The summed E-state index contributed by atoms with van der Waals surface area (Å²) in [5.74, 6) is 0.108. The monoisotopic (exact) mass is 379 g/mol. The van der Waals surface area contributed by atoms with Crippen molar-refractivity contribution in [2.75, 3.05) is 11.1 Å². The highest BCUT2D eigenvalue weighted by Gasteiger charge is 2.11. The van der Waals surface area contributed by atoms with Crippen LogP contribution >= 0.6 is 11.8 Å². The Morgan fingerprint density at radius 1 is 1.00 bits per heavy atom. The van der Waals surface area contributed by atoms with Crippen molar-refractivity contribution in [3.63, 3.8) is 0 Å². The number of rotatable bonds is 6. The lowest BCUT2D eigenvalue weighted by Gasteiger charge is -2.12. The molecule has 1 heterocycles. The molecule has 0 aliphatic rings. The minimum absolute atomic E-state index is 0.126. The molecule has 5 nitrogen and oxygen atoms in total. The van der Waals surface area contributed by atoms with Gasteiger partial charge in [0.2, 0.25) is 5.91 Å². The molecule has 1 aromatic heterocycles. The maximum absolute atomic E-state index is 12.2.